The van der Waals surface area contributed by atoms with Crippen molar-refractivity contribution in [2.75, 3.05) is 26.4 Å². The van der Waals surface area contributed by atoms with E-state index in [0.717, 1.165) is 30.4 Å². The molecular weight excluding hydrogens is 346 g/mol. The molecule has 0 spiro atoms. The van der Waals surface area contributed by atoms with Gasteiger partial charge >= 0.3 is 0 Å². The third kappa shape index (κ3) is 7.06. The van der Waals surface area contributed by atoms with Crippen molar-refractivity contribution in [1.82, 2.24) is 10.6 Å². The van der Waals surface area contributed by atoms with Crippen LogP contribution in [0.4, 0.5) is 0 Å². The van der Waals surface area contributed by atoms with Crippen LogP contribution >= 0.6 is 11.3 Å². The van der Waals surface area contributed by atoms with E-state index in [2.05, 4.69) is 60.2 Å². The number of hydrogen-bond donors (Lipinski definition) is 2. The molecule has 0 fully saturated rings. The standard InChI is InChI=1S/C20H29N3O2S/c1-4-21-20(23-15-18-7-6-12-26-18)22-14-17-9-8-16(3)13-19(17)25-11-10-24-5-2/h6-9,12-13H,4-5,10-11,14-15H2,1-3H3,(H2,21,22,23). The molecule has 0 atom stereocenters. The van der Waals surface area contributed by atoms with Crippen molar-refractivity contribution in [2.45, 2.75) is 33.9 Å². The first kappa shape index (κ1) is 20.3. The van der Waals surface area contributed by atoms with Gasteiger partial charge in [-0.25, -0.2) is 4.99 Å². The van der Waals surface area contributed by atoms with Crippen LogP contribution < -0.4 is 15.4 Å². The van der Waals surface area contributed by atoms with Gasteiger partial charge < -0.3 is 20.1 Å². The second-order valence-electron chi connectivity index (χ2n) is 5.78. The number of aliphatic imine (C=N–C) groups is 1. The van der Waals surface area contributed by atoms with Gasteiger partial charge in [0.15, 0.2) is 5.96 Å². The number of thiophene rings is 1. The van der Waals surface area contributed by atoms with Crippen LogP contribution in [0.25, 0.3) is 0 Å². The molecule has 0 aliphatic rings. The number of hydrogen-bond acceptors (Lipinski definition) is 4. The molecule has 142 valence electrons. The van der Waals surface area contributed by atoms with E-state index in [-0.39, 0.29) is 0 Å². The molecule has 0 saturated carbocycles. The number of ether oxygens (including phenoxy) is 2. The average molecular weight is 376 g/mol. The van der Waals surface area contributed by atoms with Crippen molar-refractivity contribution in [3.05, 3.63) is 51.7 Å². The summed E-state index contributed by atoms with van der Waals surface area (Å²) in [7, 11) is 0. The fraction of sp³-hybridized carbons (Fsp3) is 0.450. The van der Waals surface area contributed by atoms with Crippen LogP contribution in [0.15, 0.2) is 40.7 Å². The van der Waals surface area contributed by atoms with Gasteiger partial charge in [0, 0.05) is 23.6 Å². The number of rotatable bonds is 10. The van der Waals surface area contributed by atoms with E-state index < -0.39 is 0 Å². The molecule has 0 radical (unpaired) electrons. The largest absolute Gasteiger partial charge is 0.491 e. The molecular formula is C20H29N3O2S. The Kier molecular flexibility index (Phi) is 9.00. The number of aryl methyl sites for hydroxylation is 1. The van der Waals surface area contributed by atoms with Crippen LogP contribution in [-0.2, 0) is 17.8 Å². The van der Waals surface area contributed by atoms with Crippen LogP contribution in [0, 0.1) is 6.92 Å². The predicted octanol–water partition coefficient (Wildman–Crippen LogP) is 3.73. The van der Waals surface area contributed by atoms with Crippen LogP contribution in [0.2, 0.25) is 0 Å². The van der Waals surface area contributed by atoms with Crippen molar-refractivity contribution in [3.63, 3.8) is 0 Å². The smallest absolute Gasteiger partial charge is 0.191 e. The molecule has 1 heterocycles. The average Bonchev–Trinajstić information content (AvgIpc) is 3.16. The SMILES string of the molecule is CCNC(=NCc1ccc(C)cc1OCCOCC)NCc1cccs1. The molecule has 1 aromatic carbocycles. The summed E-state index contributed by atoms with van der Waals surface area (Å²) in [5.41, 5.74) is 2.24. The molecule has 1 aromatic heterocycles. The molecule has 0 saturated heterocycles. The van der Waals surface area contributed by atoms with Gasteiger partial charge in [-0.15, -0.1) is 11.3 Å². The van der Waals surface area contributed by atoms with E-state index in [4.69, 9.17) is 14.5 Å². The second-order valence-corrected chi connectivity index (χ2v) is 6.82. The van der Waals surface area contributed by atoms with Gasteiger partial charge in [0.25, 0.3) is 0 Å². The summed E-state index contributed by atoms with van der Waals surface area (Å²) in [5, 5.41) is 8.74. The highest BCUT2D eigenvalue weighted by molar-refractivity contribution is 7.09. The first-order valence-corrected chi connectivity index (χ1v) is 9.95. The molecule has 2 N–H and O–H groups in total. The van der Waals surface area contributed by atoms with Crippen molar-refractivity contribution in [3.8, 4) is 5.75 Å². The number of benzene rings is 1. The van der Waals surface area contributed by atoms with Gasteiger partial charge in [-0.05, 0) is 43.8 Å². The minimum absolute atomic E-state index is 0.546. The molecule has 6 heteroatoms. The Labute approximate surface area is 160 Å². The summed E-state index contributed by atoms with van der Waals surface area (Å²) < 4.78 is 11.2. The number of nitrogens with one attached hydrogen (secondary N) is 2. The third-order valence-corrected chi connectivity index (χ3v) is 4.55. The van der Waals surface area contributed by atoms with E-state index in [9.17, 15) is 0 Å². The monoisotopic (exact) mass is 375 g/mol. The van der Waals surface area contributed by atoms with Crippen LogP contribution in [-0.4, -0.2) is 32.3 Å². The highest BCUT2D eigenvalue weighted by Crippen LogP contribution is 2.21. The van der Waals surface area contributed by atoms with Gasteiger partial charge in [0.1, 0.15) is 12.4 Å². The molecule has 0 aliphatic heterocycles. The summed E-state index contributed by atoms with van der Waals surface area (Å²) in [5.74, 6) is 1.68. The molecule has 26 heavy (non-hydrogen) atoms. The Morgan fingerprint density at radius 2 is 2.04 bits per heavy atom. The summed E-state index contributed by atoms with van der Waals surface area (Å²) in [6.07, 6.45) is 0. The molecule has 2 rings (SSSR count). The molecule has 0 aliphatic carbocycles. The van der Waals surface area contributed by atoms with E-state index in [1.54, 1.807) is 11.3 Å². The van der Waals surface area contributed by atoms with Gasteiger partial charge in [-0.3, -0.25) is 0 Å². The Morgan fingerprint density at radius 3 is 2.77 bits per heavy atom. The van der Waals surface area contributed by atoms with Gasteiger partial charge in [0.05, 0.1) is 19.7 Å². The zero-order chi connectivity index (χ0) is 18.6. The highest BCUT2D eigenvalue weighted by atomic mass is 32.1. The first-order chi connectivity index (χ1) is 12.7. The maximum absolute atomic E-state index is 5.90. The van der Waals surface area contributed by atoms with Gasteiger partial charge in [-0.2, -0.15) is 0 Å². The summed E-state index contributed by atoms with van der Waals surface area (Å²) in [4.78, 5) is 5.99. The summed E-state index contributed by atoms with van der Waals surface area (Å²) >= 11 is 1.74. The maximum Gasteiger partial charge on any atom is 0.191 e. The Hall–Kier alpha value is -2.05. The van der Waals surface area contributed by atoms with Crippen LogP contribution in [0.1, 0.15) is 29.9 Å². The van der Waals surface area contributed by atoms with Crippen LogP contribution in [0.3, 0.4) is 0 Å². The minimum atomic E-state index is 0.546. The molecule has 5 nitrogen and oxygen atoms in total. The summed E-state index contributed by atoms with van der Waals surface area (Å²) in [6.45, 7) is 10.1. The lowest BCUT2D eigenvalue weighted by Gasteiger charge is -2.13. The molecule has 0 amide bonds. The minimum Gasteiger partial charge on any atom is -0.491 e. The fourth-order valence-corrected chi connectivity index (χ4v) is 3.02. The summed E-state index contributed by atoms with van der Waals surface area (Å²) in [6, 6.07) is 10.4. The van der Waals surface area contributed by atoms with E-state index in [1.807, 2.05) is 6.92 Å². The molecule has 0 bridgehead atoms. The maximum atomic E-state index is 5.90. The Balaban J connectivity index is 1.99. The van der Waals surface area contributed by atoms with Crippen molar-refractivity contribution in [1.29, 1.82) is 0 Å². The first-order valence-electron chi connectivity index (χ1n) is 9.07. The predicted molar refractivity (Wildman–Crippen MR) is 109 cm³/mol. The highest BCUT2D eigenvalue weighted by Gasteiger charge is 2.05. The zero-order valence-electron chi connectivity index (χ0n) is 15.9. The Bertz CT molecular complexity index is 672. The quantitative estimate of drug-likeness (QED) is 0.377. The zero-order valence-corrected chi connectivity index (χ0v) is 16.7. The van der Waals surface area contributed by atoms with Gasteiger partial charge in [-0.1, -0.05) is 18.2 Å². The molecule has 2 aromatic rings. The number of nitrogens with zero attached hydrogens (tertiary/aromatic N) is 1. The second kappa shape index (κ2) is 11.5. The van der Waals surface area contributed by atoms with E-state index in [0.29, 0.717) is 26.4 Å². The van der Waals surface area contributed by atoms with Crippen molar-refractivity contribution in [2.24, 2.45) is 4.99 Å². The molecule has 0 unspecified atom stereocenters. The lowest BCUT2D eigenvalue weighted by Crippen LogP contribution is -2.36. The fourth-order valence-electron chi connectivity index (χ4n) is 2.37. The third-order valence-electron chi connectivity index (χ3n) is 3.67. The van der Waals surface area contributed by atoms with E-state index >= 15 is 0 Å². The Morgan fingerprint density at radius 1 is 1.15 bits per heavy atom. The topological polar surface area (TPSA) is 54.9 Å². The van der Waals surface area contributed by atoms with Gasteiger partial charge in [0.2, 0.25) is 0 Å². The van der Waals surface area contributed by atoms with Crippen LogP contribution in [0.5, 0.6) is 5.75 Å². The van der Waals surface area contributed by atoms with Crippen molar-refractivity contribution >= 4 is 17.3 Å². The lowest BCUT2D eigenvalue weighted by molar-refractivity contribution is 0.110. The van der Waals surface area contributed by atoms with Crippen molar-refractivity contribution < 1.29 is 9.47 Å². The lowest BCUT2D eigenvalue weighted by atomic mass is 10.1. The number of guanidine groups is 1. The normalized spacial score (nSPS) is 11.4. The van der Waals surface area contributed by atoms with E-state index in [1.165, 1.54) is 10.4 Å².